The van der Waals surface area contributed by atoms with Crippen molar-refractivity contribution in [1.29, 1.82) is 5.26 Å². The van der Waals surface area contributed by atoms with Crippen molar-refractivity contribution in [3.05, 3.63) is 48.0 Å². The Morgan fingerprint density at radius 3 is 2.44 bits per heavy atom. The average Bonchev–Trinajstić information content (AvgIpc) is 2.77. The fourth-order valence-corrected chi connectivity index (χ4v) is 1.88. The smallest absolute Gasteiger partial charge is 0.161 e. The van der Waals surface area contributed by atoms with Crippen molar-refractivity contribution >= 4 is 0 Å². The first-order chi connectivity index (χ1) is 8.53. The number of hydrogen-bond acceptors (Lipinski definition) is 3. The predicted octanol–water partition coefficient (Wildman–Crippen LogP) is 2.61. The molecule has 4 nitrogen and oxygen atoms in total. The van der Waals surface area contributed by atoms with Gasteiger partial charge in [-0.2, -0.15) is 5.26 Å². The molecule has 0 fully saturated rings. The largest absolute Gasteiger partial charge is 0.480 e. The average molecular weight is 241 g/mol. The van der Waals surface area contributed by atoms with Crippen LogP contribution in [0.15, 0.2) is 36.7 Å². The molecule has 2 aromatic rings. The molecule has 0 saturated carbocycles. The molecule has 0 spiro atoms. The van der Waals surface area contributed by atoms with Crippen molar-refractivity contribution in [3.63, 3.8) is 0 Å². The van der Waals surface area contributed by atoms with Gasteiger partial charge in [0.05, 0.1) is 11.6 Å². The SMILES string of the molecule is Cn1ccnc1C(C)(C)Oc1ccc(C#N)cc1. The summed E-state index contributed by atoms with van der Waals surface area (Å²) < 4.78 is 7.87. The summed E-state index contributed by atoms with van der Waals surface area (Å²) in [6.07, 6.45) is 3.64. The normalized spacial score (nSPS) is 11.0. The molecule has 0 aliphatic rings. The van der Waals surface area contributed by atoms with Gasteiger partial charge in [-0.1, -0.05) is 0 Å². The molecular weight excluding hydrogens is 226 g/mol. The summed E-state index contributed by atoms with van der Waals surface area (Å²) in [6, 6.07) is 9.15. The fraction of sp³-hybridized carbons (Fsp3) is 0.286. The number of aromatic nitrogens is 2. The minimum absolute atomic E-state index is 0.521. The topological polar surface area (TPSA) is 50.8 Å². The van der Waals surface area contributed by atoms with Crippen LogP contribution in [0.1, 0.15) is 25.2 Å². The number of aryl methyl sites for hydroxylation is 1. The number of rotatable bonds is 3. The quantitative estimate of drug-likeness (QED) is 0.830. The van der Waals surface area contributed by atoms with Crippen LogP contribution in [0.2, 0.25) is 0 Å². The molecule has 0 N–H and O–H groups in total. The summed E-state index contributed by atoms with van der Waals surface area (Å²) in [4.78, 5) is 4.30. The molecule has 2 rings (SSSR count). The summed E-state index contributed by atoms with van der Waals surface area (Å²) in [6.45, 7) is 3.93. The first-order valence-electron chi connectivity index (χ1n) is 5.70. The summed E-state index contributed by atoms with van der Waals surface area (Å²) in [7, 11) is 1.94. The van der Waals surface area contributed by atoms with E-state index in [0.717, 1.165) is 11.6 Å². The van der Waals surface area contributed by atoms with Crippen molar-refractivity contribution in [3.8, 4) is 11.8 Å². The minimum Gasteiger partial charge on any atom is -0.480 e. The Bertz CT molecular complexity index is 576. The monoisotopic (exact) mass is 241 g/mol. The molecule has 1 aromatic carbocycles. The van der Waals surface area contributed by atoms with Gasteiger partial charge in [0.2, 0.25) is 0 Å². The minimum atomic E-state index is -0.521. The molecule has 0 bridgehead atoms. The number of hydrogen-bond donors (Lipinski definition) is 0. The van der Waals surface area contributed by atoms with Gasteiger partial charge in [0, 0.05) is 19.4 Å². The lowest BCUT2D eigenvalue weighted by molar-refractivity contribution is 0.0953. The Balaban J connectivity index is 2.22. The van der Waals surface area contributed by atoms with Gasteiger partial charge in [-0.15, -0.1) is 0 Å². The summed E-state index contributed by atoms with van der Waals surface area (Å²) in [5.41, 5.74) is 0.101. The maximum atomic E-state index is 8.74. The van der Waals surface area contributed by atoms with Crippen LogP contribution in [0.3, 0.4) is 0 Å². The van der Waals surface area contributed by atoms with Gasteiger partial charge >= 0.3 is 0 Å². The zero-order chi connectivity index (χ0) is 13.2. The van der Waals surface area contributed by atoms with E-state index in [1.54, 1.807) is 30.5 Å². The number of benzene rings is 1. The maximum Gasteiger partial charge on any atom is 0.161 e. The van der Waals surface area contributed by atoms with E-state index in [2.05, 4.69) is 11.1 Å². The van der Waals surface area contributed by atoms with Crippen LogP contribution in [-0.2, 0) is 12.6 Å². The maximum absolute atomic E-state index is 8.74. The van der Waals surface area contributed by atoms with Crippen molar-refractivity contribution in [2.75, 3.05) is 0 Å². The summed E-state index contributed by atoms with van der Waals surface area (Å²) in [5.74, 6) is 1.58. The second-order valence-corrected chi connectivity index (χ2v) is 4.61. The second-order valence-electron chi connectivity index (χ2n) is 4.61. The zero-order valence-electron chi connectivity index (χ0n) is 10.7. The van der Waals surface area contributed by atoms with Crippen molar-refractivity contribution in [2.24, 2.45) is 7.05 Å². The first kappa shape index (κ1) is 12.2. The van der Waals surface area contributed by atoms with Crippen molar-refractivity contribution in [2.45, 2.75) is 19.4 Å². The van der Waals surface area contributed by atoms with E-state index in [4.69, 9.17) is 10.00 Å². The molecule has 0 aliphatic carbocycles. The molecule has 0 amide bonds. The van der Waals surface area contributed by atoms with Gasteiger partial charge in [0.25, 0.3) is 0 Å². The molecular formula is C14H15N3O. The van der Waals surface area contributed by atoms with Gasteiger partial charge in [-0.05, 0) is 38.1 Å². The number of imidazole rings is 1. The molecule has 0 aliphatic heterocycles. The molecule has 92 valence electrons. The second kappa shape index (κ2) is 4.53. The first-order valence-corrected chi connectivity index (χ1v) is 5.70. The molecule has 18 heavy (non-hydrogen) atoms. The molecule has 0 radical (unpaired) electrons. The molecule has 4 heteroatoms. The standard InChI is InChI=1S/C14H15N3O/c1-14(2,13-16-8-9-17(13)3)18-12-6-4-11(10-15)5-7-12/h4-9H,1-3H3. The molecule has 1 heterocycles. The van der Waals surface area contributed by atoms with E-state index >= 15 is 0 Å². The number of ether oxygens (including phenoxy) is 1. The van der Waals surface area contributed by atoms with Crippen LogP contribution in [0.25, 0.3) is 0 Å². The lowest BCUT2D eigenvalue weighted by Crippen LogP contribution is -2.28. The Morgan fingerprint density at radius 1 is 1.28 bits per heavy atom. The van der Waals surface area contributed by atoms with Crippen LogP contribution in [-0.4, -0.2) is 9.55 Å². The highest BCUT2D eigenvalue weighted by atomic mass is 16.5. The lowest BCUT2D eigenvalue weighted by Gasteiger charge is -2.25. The van der Waals surface area contributed by atoms with Crippen LogP contribution in [0.5, 0.6) is 5.75 Å². The van der Waals surface area contributed by atoms with Crippen LogP contribution in [0.4, 0.5) is 0 Å². The third-order valence-electron chi connectivity index (χ3n) is 2.72. The van der Waals surface area contributed by atoms with E-state index in [-0.39, 0.29) is 0 Å². The molecule has 1 aromatic heterocycles. The van der Waals surface area contributed by atoms with E-state index in [1.807, 2.05) is 31.7 Å². The van der Waals surface area contributed by atoms with E-state index in [0.29, 0.717) is 5.56 Å². The van der Waals surface area contributed by atoms with E-state index in [1.165, 1.54) is 0 Å². The van der Waals surface area contributed by atoms with Gasteiger partial charge in [0.1, 0.15) is 5.75 Å². The van der Waals surface area contributed by atoms with Crippen molar-refractivity contribution in [1.82, 2.24) is 9.55 Å². The third-order valence-corrected chi connectivity index (χ3v) is 2.72. The highest BCUT2D eigenvalue weighted by Gasteiger charge is 2.26. The summed E-state index contributed by atoms with van der Waals surface area (Å²) >= 11 is 0. The Labute approximate surface area is 106 Å². The number of nitrogens with zero attached hydrogens (tertiary/aromatic N) is 3. The van der Waals surface area contributed by atoms with Crippen molar-refractivity contribution < 1.29 is 4.74 Å². The van der Waals surface area contributed by atoms with Gasteiger partial charge < -0.3 is 9.30 Å². The molecule has 0 atom stereocenters. The third kappa shape index (κ3) is 2.35. The Kier molecular flexibility index (Phi) is 3.07. The van der Waals surface area contributed by atoms with Crippen LogP contribution < -0.4 is 4.74 Å². The molecule has 0 unspecified atom stereocenters. The van der Waals surface area contributed by atoms with Crippen LogP contribution >= 0.6 is 0 Å². The highest BCUT2D eigenvalue weighted by Crippen LogP contribution is 2.26. The summed E-state index contributed by atoms with van der Waals surface area (Å²) in [5, 5.41) is 8.74. The van der Waals surface area contributed by atoms with E-state index in [9.17, 15) is 0 Å². The number of nitriles is 1. The Hall–Kier alpha value is -2.28. The van der Waals surface area contributed by atoms with E-state index < -0.39 is 5.60 Å². The Morgan fingerprint density at radius 2 is 1.94 bits per heavy atom. The fourth-order valence-electron chi connectivity index (χ4n) is 1.88. The predicted molar refractivity (Wildman–Crippen MR) is 68.0 cm³/mol. The lowest BCUT2D eigenvalue weighted by atomic mass is 10.1. The van der Waals surface area contributed by atoms with Crippen LogP contribution in [0, 0.1) is 11.3 Å². The zero-order valence-corrected chi connectivity index (χ0v) is 10.7. The molecule has 0 saturated heterocycles. The van der Waals surface area contributed by atoms with Gasteiger partial charge in [-0.3, -0.25) is 0 Å². The van der Waals surface area contributed by atoms with Gasteiger partial charge in [-0.25, -0.2) is 4.98 Å². The van der Waals surface area contributed by atoms with Gasteiger partial charge in [0.15, 0.2) is 11.4 Å². The highest BCUT2D eigenvalue weighted by molar-refractivity contribution is 5.35.